The van der Waals surface area contributed by atoms with Crippen molar-refractivity contribution in [3.05, 3.63) is 87.7 Å². The first-order valence-corrected chi connectivity index (χ1v) is 10.8. The van der Waals surface area contributed by atoms with Gasteiger partial charge in [0.25, 0.3) is 0 Å². The number of aromatic nitrogens is 1. The van der Waals surface area contributed by atoms with E-state index in [0.29, 0.717) is 35.7 Å². The Bertz CT molecular complexity index is 1190. The van der Waals surface area contributed by atoms with Gasteiger partial charge in [0.15, 0.2) is 5.78 Å². The molecule has 1 aliphatic rings. The molecular weight excluding hydrogens is 400 g/mol. The molecule has 0 aliphatic carbocycles. The van der Waals surface area contributed by atoms with Crippen LogP contribution in [0.3, 0.4) is 0 Å². The summed E-state index contributed by atoms with van der Waals surface area (Å²) in [5.74, 6) is 1.53. The van der Waals surface area contributed by atoms with Crippen molar-refractivity contribution in [3.8, 4) is 17.6 Å². The van der Waals surface area contributed by atoms with E-state index in [9.17, 15) is 10.1 Å². The number of hydrogen-bond acceptors (Lipinski definition) is 5. The van der Waals surface area contributed by atoms with Crippen molar-refractivity contribution in [3.63, 3.8) is 0 Å². The minimum atomic E-state index is -0.405. The highest BCUT2D eigenvalue weighted by atomic mass is 16.5. The number of Topliss-reactive ketones (excluding diaryl/α,β-unsaturated/α-hetero) is 1. The zero-order valence-electron chi connectivity index (χ0n) is 18.8. The van der Waals surface area contributed by atoms with E-state index < -0.39 is 6.10 Å². The van der Waals surface area contributed by atoms with Gasteiger partial charge in [-0.15, -0.1) is 0 Å². The van der Waals surface area contributed by atoms with Crippen molar-refractivity contribution < 1.29 is 14.3 Å². The second-order valence-corrected chi connectivity index (χ2v) is 8.45. The van der Waals surface area contributed by atoms with Gasteiger partial charge in [0, 0.05) is 28.9 Å². The van der Waals surface area contributed by atoms with Gasteiger partial charge in [-0.1, -0.05) is 26.0 Å². The molecule has 162 valence electrons. The molecule has 5 nitrogen and oxygen atoms in total. The van der Waals surface area contributed by atoms with Crippen LogP contribution >= 0.6 is 0 Å². The van der Waals surface area contributed by atoms with Gasteiger partial charge >= 0.3 is 0 Å². The van der Waals surface area contributed by atoms with Gasteiger partial charge in [0.2, 0.25) is 0 Å². The Hall–Kier alpha value is -3.65. The molecule has 0 fully saturated rings. The van der Waals surface area contributed by atoms with Crippen LogP contribution in [0.15, 0.2) is 48.5 Å². The Morgan fingerprint density at radius 1 is 1.03 bits per heavy atom. The van der Waals surface area contributed by atoms with E-state index in [0.717, 1.165) is 28.1 Å². The molecule has 0 saturated heterocycles. The van der Waals surface area contributed by atoms with Crippen LogP contribution in [0.4, 0.5) is 0 Å². The lowest BCUT2D eigenvalue weighted by Crippen LogP contribution is -2.18. The Kier molecular flexibility index (Phi) is 5.96. The van der Waals surface area contributed by atoms with E-state index in [1.54, 1.807) is 18.2 Å². The maximum Gasteiger partial charge on any atom is 0.170 e. The van der Waals surface area contributed by atoms with Gasteiger partial charge in [-0.3, -0.25) is 9.78 Å². The second kappa shape index (κ2) is 8.84. The van der Waals surface area contributed by atoms with E-state index in [-0.39, 0.29) is 11.7 Å². The molecule has 2 heterocycles. The zero-order valence-corrected chi connectivity index (χ0v) is 18.8. The third kappa shape index (κ3) is 4.22. The molecule has 0 unspecified atom stereocenters. The lowest BCUT2D eigenvalue weighted by Gasteiger charge is -2.27. The lowest BCUT2D eigenvalue weighted by molar-refractivity contribution is 0.0931. The summed E-state index contributed by atoms with van der Waals surface area (Å²) in [5, 5.41) is 9.19. The van der Waals surface area contributed by atoms with Crippen molar-refractivity contribution >= 4 is 5.78 Å². The first kappa shape index (κ1) is 21.6. The SMILES string of the molecule is Cc1cc([C@H](Oc2ccc3c(c2C(C)C)OCCC3=O)c2ccc(C#N)cc2)cc(C)n1. The lowest BCUT2D eigenvalue weighted by atomic mass is 9.93. The number of aryl methyl sites for hydroxylation is 2. The third-order valence-corrected chi connectivity index (χ3v) is 5.60. The van der Waals surface area contributed by atoms with Crippen molar-refractivity contribution in [2.75, 3.05) is 6.61 Å². The molecule has 2 aromatic carbocycles. The van der Waals surface area contributed by atoms with Crippen LogP contribution in [0.25, 0.3) is 0 Å². The molecule has 0 radical (unpaired) electrons. The highest BCUT2D eigenvalue weighted by Crippen LogP contribution is 2.42. The number of nitriles is 1. The summed E-state index contributed by atoms with van der Waals surface area (Å²) < 4.78 is 12.6. The Morgan fingerprint density at radius 2 is 1.72 bits per heavy atom. The fourth-order valence-electron chi connectivity index (χ4n) is 4.19. The summed E-state index contributed by atoms with van der Waals surface area (Å²) in [4.78, 5) is 16.9. The molecule has 0 N–H and O–H groups in total. The number of benzene rings is 2. The second-order valence-electron chi connectivity index (χ2n) is 8.45. The molecule has 1 aromatic heterocycles. The van der Waals surface area contributed by atoms with E-state index in [1.165, 1.54) is 0 Å². The Morgan fingerprint density at radius 3 is 2.34 bits per heavy atom. The van der Waals surface area contributed by atoms with E-state index in [1.807, 2.05) is 44.2 Å². The van der Waals surface area contributed by atoms with Gasteiger partial charge in [-0.05, 0) is 61.7 Å². The first-order valence-electron chi connectivity index (χ1n) is 10.8. The highest BCUT2D eigenvalue weighted by molar-refractivity contribution is 6.00. The average molecular weight is 427 g/mol. The number of ketones is 1. The zero-order chi connectivity index (χ0) is 22.8. The van der Waals surface area contributed by atoms with E-state index in [2.05, 4.69) is 24.9 Å². The molecule has 32 heavy (non-hydrogen) atoms. The van der Waals surface area contributed by atoms with Gasteiger partial charge in [-0.2, -0.15) is 5.26 Å². The molecule has 0 amide bonds. The van der Waals surface area contributed by atoms with Crippen LogP contribution in [-0.4, -0.2) is 17.4 Å². The monoisotopic (exact) mass is 426 g/mol. The van der Waals surface area contributed by atoms with Gasteiger partial charge in [-0.25, -0.2) is 0 Å². The number of hydrogen-bond donors (Lipinski definition) is 0. The minimum Gasteiger partial charge on any atom is -0.492 e. The number of fused-ring (bicyclic) bond motifs is 1. The molecule has 0 bridgehead atoms. The summed E-state index contributed by atoms with van der Waals surface area (Å²) in [7, 11) is 0. The maximum absolute atomic E-state index is 12.4. The summed E-state index contributed by atoms with van der Waals surface area (Å²) in [6.07, 6.45) is -0.00765. The largest absolute Gasteiger partial charge is 0.492 e. The molecule has 0 saturated carbocycles. The number of ether oxygens (including phenoxy) is 2. The van der Waals surface area contributed by atoms with Crippen LogP contribution in [0.5, 0.6) is 11.5 Å². The summed E-state index contributed by atoms with van der Waals surface area (Å²) >= 11 is 0. The molecule has 4 rings (SSSR count). The van der Waals surface area contributed by atoms with Crippen LogP contribution in [0.2, 0.25) is 0 Å². The van der Waals surface area contributed by atoms with Gasteiger partial charge in [0.1, 0.15) is 17.6 Å². The normalized spacial score (nSPS) is 13.8. The number of rotatable bonds is 5. The number of nitrogens with zero attached hydrogens (tertiary/aromatic N) is 2. The van der Waals surface area contributed by atoms with Crippen LogP contribution in [0.1, 0.15) is 76.3 Å². The van der Waals surface area contributed by atoms with Crippen molar-refractivity contribution in [1.29, 1.82) is 5.26 Å². The van der Waals surface area contributed by atoms with Crippen LogP contribution in [0, 0.1) is 25.2 Å². The smallest absolute Gasteiger partial charge is 0.170 e. The van der Waals surface area contributed by atoms with Crippen molar-refractivity contribution in [1.82, 2.24) is 4.98 Å². The molecule has 3 aromatic rings. The topological polar surface area (TPSA) is 72.2 Å². The number of pyridine rings is 1. The van der Waals surface area contributed by atoms with Crippen molar-refractivity contribution in [2.45, 2.75) is 46.1 Å². The fourth-order valence-corrected chi connectivity index (χ4v) is 4.19. The van der Waals surface area contributed by atoms with Crippen LogP contribution < -0.4 is 9.47 Å². The quantitative estimate of drug-likeness (QED) is 0.513. The molecular formula is C27H26N2O3. The molecule has 0 spiro atoms. The highest BCUT2D eigenvalue weighted by Gasteiger charge is 2.27. The number of carbonyl (C=O) groups is 1. The molecule has 5 heteroatoms. The van der Waals surface area contributed by atoms with E-state index >= 15 is 0 Å². The minimum absolute atomic E-state index is 0.101. The standard InChI is InChI=1S/C27H26N2O3/c1-16(2)25-24(10-9-22-23(30)11-12-31-27(22)25)32-26(20-7-5-19(15-28)6-8-20)21-13-17(3)29-18(4)14-21/h5-10,13-14,16,26H,11-12H2,1-4H3/t26-/m1/s1. The molecule has 1 aliphatic heterocycles. The van der Waals surface area contributed by atoms with Gasteiger partial charge < -0.3 is 9.47 Å². The van der Waals surface area contributed by atoms with Gasteiger partial charge in [0.05, 0.1) is 23.8 Å². The predicted octanol–water partition coefficient (Wildman–Crippen LogP) is 5.83. The molecule has 1 atom stereocenters. The summed E-state index contributed by atoms with van der Waals surface area (Å²) in [5.41, 5.74) is 5.84. The average Bonchev–Trinajstić information content (AvgIpc) is 2.76. The Balaban J connectivity index is 1.84. The maximum atomic E-state index is 12.4. The third-order valence-electron chi connectivity index (χ3n) is 5.60. The van der Waals surface area contributed by atoms with E-state index in [4.69, 9.17) is 9.47 Å². The summed E-state index contributed by atoms with van der Waals surface area (Å²) in [6, 6.07) is 17.3. The fraction of sp³-hybridized carbons (Fsp3) is 0.296. The van der Waals surface area contributed by atoms with Crippen LogP contribution in [-0.2, 0) is 0 Å². The van der Waals surface area contributed by atoms with Crippen molar-refractivity contribution in [2.24, 2.45) is 0 Å². The summed E-state index contributed by atoms with van der Waals surface area (Å²) in [6.45, 7) is 8.45. The predicted molar refractivity (Wildman–Crippen MR) is 122 cm³/mol. The number of carbonyl (C=O) groups excluding carboxylic acids is 1. The Labute approximate surface area is 188 Å². The first-order chi connectivity index (χ1) is 15.4.